The number of carboxylic acid groups (broad SMARTS) is 1. The van der Waals surface area contributed by atoms with Crippen LogP contribution < -0.4 is 0 Å². The number of aliphatic hydroxyl groups is 1. The van der Waals surface area contributed by atoms with Crippen molar-refractivity contribution >= 4 is 11.9 Å². The van der Waals surface area contributed by atoms with Gasteiger partial charge in [-0.25, -0.2) is 4.79 Å². The second-order valence-electron chi connectivity index (χ2n) is 7.95. The van der Waals surface area contributed by atoms with E-state index in [0.29, 0.717) is 32.1 Å². The molecule has 0 aliphatic carbocycles. The summed E-state index contributed by atoms with van der Waals surface area (Å²) in [7, 11) is 0. The Morgan fingerprint density at radius 1 is 1.20 bits per heavy atom. The molecule has 1 radical (unpaired) electrons. The molecule has 1 atom stereocenters. The highest BCUT2D eigenvalue weighted by molar-refractivity contribution is 5.79. The van der Waals surface area contributed by atoms with E-state index < -0.39 is 23.2 Å². The van der Waals surface area contributed by atoms with Crippen molar-refractivity contribution in [3.8, 4) is 0 Å². The van der Waals surface area contributed by atoms with Crippen molar-refractivity contribution in [1.82, 2.24) is 5.06 Å². The highest BCUT2D eigenvalue weighted by atomic mass is 16.5. The Balaban J connectivity index is 2.34. The first-order valence-electron chi connectivity index (χ1n) is 8.70. The molecule has 1 heterocycles. The third-order valence-corrected chi connectivity index (χ3v) is 4.44. The van der Waals surface area contributed by atoms with Gasteiger partial charge in [0.2, 0.25) is 0 Å². The van der Waals surface area contributed by atoms with Crippen molar-refractivity contribution in [3.63, 3.8) is 0 Å². The van der Waals surface area contributed by atoms with Crippen molar-refractivity contribution < 1.29 is 29.7 Å². The Hall–Kier alpha value is -1.44. The number of unbranched alkanes of at least 4 members (excludes halogenated alkanes) is 1. The molecule has 2 N–H and O–H groups in total. The number of piperidine rings is 1. The van der Waals surface area contributed by atoms with Gasteiger partial charge in [-0.2, -0.15) is 0 Å². The molecule has 1 unspecified atom stereocenters. The lowest BCUT2D eigenvalue weighted by atomic mass is 9.80. The van der Waals surface area contributed by atoms with E-state index in [2.05, 4.69) is 0 Å². The number of carbonyl (C=O) groups excluding carboxylic acids is 1. The monoisotopic (exact) mass is 356 g/mol. The molecule has 1 fully saturated rings. The zero-order chi connectivity index (χ0) is 19.3. The van der Waals surface area contributed by atoms with Crippen LogP contribution in [-0.4, -0.2) is 50.5 Å². The molecule has 1 rings (SSSR count). The van der Waals surface area contributed by atoms with Gasteiger partial charge < -0.3 is 14.9 Å². The first kappa shape index (κ1) is 21.6. The van der Waals surface area contributed by atoms with Crippen molar-refractivity contribution in [2.45, 2.75) is 89.5 Å². The third kappa shape index (κ3) is 7.13. The average Bonchev–Trinajstić information content (AvgIpc) is 2.46. The van der Waals surface area contributed by atoms with E-state index in [1.54, 1.807) is 0 Å². The van der Waals surface area contributed by atoms with E-state index in [0.717, 1.165) is 11.1 Å². The fourth-order valence-corrected chi connectivity index (χ4v) is 3.41. The van der Waals surface area contributed by atoms with Crippen molar-refractivity contribution in [2.24, 2.45) is 0 Å². The molecule has 0 aromatic heterocycles. The van der Waals surface area contributed by atoms with E-state index in [1.807, 2.05) is 27.7 Å². The molecule has 0 spiro atoms. The van der Waals surface area contributed by atoms with Gasteiger partial charge in [0.05, 0.1) is 6.10 Å². The van der Waals surface area contributed by atoms with Crippen LogP contribution in [0.2, 0.25) is 0 Å². The molecule has 1 saturated heterocycles. The normalized spacial score (nSPS) is 22.0. The minimum atomic E-state index is -1.10. The van der Waals surface area contributed by atoms with Gasteiger partial charge >= 0.3 is 11.9 Å². The molecular formula is C18H30NO6. The second-order valence-corrected chi connectivity index (χ2v) is 7.95. The van der Waals surface area contributed by atoms with Crippen LogP contribution in [-0.2, 0) is 19.5 Å². The summed E-state index contributed by atoms with van der Waals surface area (Å²) in [4.78, 5) is 22.3. The van der Waals surface area contributed by atoms with Gasteiger partial charge in [-0.3, -0.25) is 4.79 Å². The number of hydrogen-bond donors (Lipinski definition) is 2. The standard InChI is InChI=1S/C18H30NO6/c1-17(2)11-14(12-18(3,4)19(17)24)25-16(23)8-6-5-7-13(20)9-10-15(21)22/h9-10,13-14,20H,5-8,11-12H2,1-4H3,(H,21,22)/b10-9+. The van der Waals surface area contributed by atoms with Crippen molar-refractivity contribution in [3.05, 3.63) is 12.2 Å². The largest absolute Gasteiger partial charge is 0.478 e. The number of hydrogen-bond acceptors (Lipinski definition) is 5. The molecule has 0 saturated carbocycles. The number of aliphatic carboxylic acids is 1. The zero-order valence-electron chi connectivity index (χ0n) is 15.5. The van der Waals surface area contributed by atoms with E-state index in [9.17, 15) is 19.9 Å². The molecule has 1 aliphatic heterocycles. The van der Waals surface area contributed by atoms with Crippen LogP contribution in [0, 0.1) is 0 Å². The van der Waals surface area contributed by atoms with Crippen molar-refractivity contribution in [2.75, 3.05) is 0 Å². The molecule has 7 heteroatoms. The quantitative estimate of drug-likeness (QED) is 0.393. The Kier molecular flexibility index (Phi) is 7.59. The molecule has 0 aromatic rings. The van der Waals surface area contributed by atoms with Gasteiger partial charge in [-0.05, 0) is 53.0 Å². The average molecular weight is 356 g/mol. The Labute approximate surface area is 149 Å². The Morgan fingerprint density at radius 2 is 1.76 bits per heavy atom. The van der Waals surface area contributed by atoms with Crippen LogP contribution >= 0.6 is 0 Å². The van der Waals surface area contributed by atoms with Gasteiger partial charge in [-0.1, -0.05) is 0 Å². The van der Waals surface area contributed by atoms with E-state index in [1.165, 1.54) is 6.08 Å². The molecule has 0 aromatic carbocycles. The van der Waals surface area contributed by atoms with E-state index in [4.69, 9.17) is 9.84 Å². The minimum Gasteiger partial charge on any atom is -0.478 e. The number of ether oxygens (including phenoxy) is 1. The zero-order valence-corrected chi connectivity index (χ0v) is 15.5. The number of carbonyl (C=O) groups is 2. The predicted molar refractivity (Wildman–Crippen MR) is 91.0 cm³/mol. The SMILES string of the molecule is CC1(C)CC(OC(=O)CCCCC(O)/C=C/C(=O)O)CC(C)(C)N1[O]. The van der Waals surface area contributed by atoms with E-state index in [-0.39, 0.29) is 18.5 Å². The lowest BCUT2D eigenvalue weighted by Crippen LogP contribution is -2.60. The highest BCUT2D eigenvalue weighted by Gasteiger charge is 2.47. The summed E-state index contributed by atoms with van der Waals surface area (Å²) in [5.74, 6) is -1.40. The second kappa shape index (κ2) is 8.78. The minimum absolute atomic E-state index is 0.244. The van der Waals surface area contributed by atoms with Gasteiger partial charge in [0.15, 0.2) is 0 Å². The first-order valence-corrected chi connectivity index (χ1v) is 8.70. The molecule has 1 aliphatic rings. The maximum Gasteiger partial charge on any atom is 0.328 e. The van der Waals surface area contributed by atoms with Crippen LogP contribution in [0.4, 0.5) is 0 Å². The molecule has 0 bridgehead atoms. The fourth-order valence-electron chi connectivity index (χ4n) is 3.41. The van der Waals surface area contributed by atoms with Gasteiger partial charge in [0, 0.05) is 36.4 Å². The van der Waals surface area contributed by atoms with Gasteiger partial charge in [-0.15, -0.1) is 10.3 Å². The number of esters is 1. The molecule has 7 nitrogen and oxygen atoms in total. The fraction of sp³-hybridized carbons (Fsp3) is 0.778. The third-order valence-electron chi connectivity index (χ3n) is 4.44. The smallest absolute Gasteiger partial charge is 0.328 e. The molecular weight excluding hydrogens is 326 g/mol. The number of aliphatic hydroxyl groups excluding tert-OH is 1. The predicted octanol–water partition coefficient (Wildman–Crippen LogP) is 2.46. The van der Waals surface area contributed by atoms with Crippen LogP contribution in [0.25, 0.3) is 0 Å². The number of hydroxylamine groups is 2. The lowest BCUT2D eigenvalue weighted by Gasteiger charge is -2.49. The topological polar surface area (TPSA) is 107 Å². The van der Waals surface area contributed by atoms with Gasteiger partial charge in [0.25, 0.3) is 0 Å². The summed E-state index contributed by atoms with van der Waals surface area (Å²) >= 11 is 0. The van der Waals surface area contributed by atoms with Crippen LogP contribution in [0.5, 0.6) is 0 Å². The molecule has 0 amide bonds. The lowest BCUT2D eigenvalue weighted by molar-refractivity contribution is -0.299. The highest BCUT2D eigenvalue weighted by Crippen LogP contribution is 2.38. The summed E-state index contributed by atoms with van der Waals surface area (Å²) in [6, 6.07) is 0. The van der Waals surface area contributed by atoms with E-state index >= 15 is 0 Å². The number of carboxylic acids is 1. The Bertz CT molecular complexity index is 482. The number of rotatable bonds is 8. The van der Waals surface area contributed by atoms with Crippen LogP contribution in [0.3, 0.4) is 0 Å². The number of nitrogens with zero attached hydrogens (tertiary/aromatic N) is 1. The van der Waals surface area contributed by atoms with Gasteiger partial charge in [0.1, 0.15) is 6.10 Å². The maximum absolute atomic E-state index is 12.3. The summed E-state index contributed by atoms with van der Waals surface area (Å²) in [5.41, 5.74) is -1.15. The summed E-state index contributed by atoms with van der Waals surface area (Å²) in [6.07, 6.45) is 3.84. The maximum atomic E-state index is 12.3. The van der Waals surface area contributed by atoms with Crippen molar-refractivity contribution in [1.29, 1.82) is 0 Å². The Morgan fingerprint density at radius 3 is 2.28 bits per heavy atom. The first-order chi connectivity index (χ1) is 11.4. The summed E-state index contributed by atoms with van der Waals surface area (Å²) in [5, 5.41) is 31.4. The van der Waals surface area contributed by atoms with Crippen LogP contribution in [0.15, 0.2) is 12.2 Å². The van der Waals surface area contributed by atoms with Crippen LogP contribution in [0.1, 0.15) is 66.2 Å². The summed E-state index contributed by atoms with van der Waals surface area (Å²) in [6.45, 7) is 7.42. The molecule has 25 heavy (non-hydrogen) atoms. The molecule has 143 valence electrons. The summed E-state index contributed by atoms with van der Waals surface area (Å²) < 4.78 is 5.54.